The highest BCUT2D eigenvalue weighted by Gasteiger charge is 2.22. The standard InChI is InChI=1S/C13H13NO5PS/c1-14(21(18,19)13-5-3-2-4-6-13)11-7-9-12(10-8-11)20(15,16)17/h3-10H,1H3,(H2,15,16,17). The number of hydrogen-bond acceptors (Lipinski definition) is 3. The second-order valence-corrected chi connectivity index (χ2v) is 7.84. The predicted octanol–water partition coefficient (Wildman–Crippen LogP) is 1.11. The van der Waals surface area contributed by atoms with Gasteiger partial charge in [-0.1, -0.05) is 12.1 Å². The van der Waals surface area contributed by atoms with Gasteiger partial charge in [-0.15, -0.1) is 0 Å². The lowest BCUT2D eigenvalue weighted by atomic mass is 10.3. The normalized spacial score (nSPS) is 12.1. The van der Waals surface area contributed by atoms with Crippen molar-refractivity contribution in [1.82, 2.24) is 0 Å². The van der Waals surface area contributed by atoms with Gasteiger partial charge in [0.25, 0.3) is 10.0 Å². The lowest BCUT2D eigenvalue weighted by Gasteiger charge is -2.19. The summed E-state index contributed by atoms with van der Waals surface area (Å²) >= 11 is 0. The topological polar surface area (TPSA) is 94.9 Å². The summed E-state index contributed by atoms with van der Waals surface area (Å²) in [6.07, 6.45) is 0. The highest BCUT2D eigenvalue weighted by Crippen LogP contribution is 2.33. The van der Waals surface area contributed by atoms with Crippen molar-refractivity contribution in [2.75, 3.05) is 11.4 Å². The Balaban J connectivity index is 2.37. The summed E-state index contributed by atoms with van der Waals surface area (Å²) in [6, 6.07) is 13.7. The Morgan fingerprint density at radius 3 is 2.05 bits per heavy atom. The first kappa shape index (κ1) is 15.7. The Labute approximate surface area is 122 Å². The van der Waals surface area contributed by atoms with Gasteiger partial charge in [0, 0.05) is 7.05 Å². The number of benzene rings is 2. The van der Waals surface area contributed by atoms with E-state index in [4.69, 9.17) is 9.79 Å². The van der Waals surface area contributed by atoms with Crippen LogP contribution in [0.25, 0.3) is 0 Å². The maximum atomic E-state index is 12.4. The quantitative estimate of drug-likeness (QED) is 0.821. The molecule has 0 amide bonds. The van der Waals surface area contributed by atoms with Gasteiger partial charge in [0.2, 0.25) is 0 Å². The minimum Gasteiger partial charge on any atom is -0.321 e. The molecule has 1 radical (unpaired) electrons. The predicted molar refractivity (Wildman–Crippen MR) is 79.0 cm³/mol. The molecule has 6 nitrogen and oxygen atoms in total. The molecule has 111 valence electrons. The SMILES string of the molecule is CN(c1ccc(P(=O)(O)O)cc1)S(=O)(=O)c1cc[c]cc1. The van der Waals surface area contributed by atoms with E-state index in [9.17, 15) is 13.0 Å². The van der Waals surface area contributed by atoms with Crippen LogP contribution in [0.2, 0.25) is 0 Å². The molecule has 0 bridgehead atoms. The Hall–Kier alpha value is -1.66. The van der Waals surface area contributed by atoms with Crippen LogP contribution in [0.3, 0.4) is 0 Å². The van der Waals surface area contributed by atoms with Gasteiger partial charge in [0.1, 0.15) is 0 Å². The number of sulfonamides is 1. The molecule has 0 aliphatic rings. The number of hydrogen-bond donors (Lipinski definition) is 2. The molecule has 2 aromatic carbocycles. The Bertz CT molecular complexity index is 768. The van der Waals surface area contributed by atoms with Crippen molar-refractivity contribution in [3.05, 3.63) is 54.6 Å². The van der Waals surface area contributed by atoms with Crippen LogP contribution in [0.1, 0.15) is 0 Å². The third-order valence-corrected chi connectivity index (χ3v) is 5.67. The van der Waals surface area contributed by atoms with E-state index in [1.807, 2.05) is 0 Å². The van der Waals surface area contributed by atoms with Gasteiger partial charge in [0.15, 0.2) is 0 Å². The van der Waals surface area contributed by atoms with Crippen LogP contribution in [-0.4, -0.2) is 25.3 Å². The van der Waals surface area contributed by atoms with Crippen LogP contribution in [0, 0.1) is 6.07 Å². The lowest BCUT2D eigenvalue weighted by molar-refractivity contribution is 0.387. The van der Waals surface area contributed by atoms with E-state index in [0.29, 0.717) is 5.69 Å². The molecule has 0 unspecified atom stereocenters. The fourth-order valence-corrected chi connectivity index (χ4v) is 3.43. The van der Waals surface area contributed by atoms with Crippen molar-refractivity contribution < 1.29 is 22.8 Å². The Morgan fingerprint density at radius 1 is 1.05 bits per heavy atom. The molecule has 0 aliphatic heterocycles. The van der Waals surface area contributed by atoms with E-state index in [-0.39, 0.29) is 10.2 Å². The average Bonchev–Trinajstić information content (AvgIpc) is 2.46. The molecule has 0 spiro atoms. The largest absolute Gasteiger partial charge is 0.356 e. The molecule has 0 saturated heterocycles. The zero-order chi connectivity index (χ0) is 15.7. The van der Waals surface area contributed by atoms with Crippen LogP contribution in [0.5, 0.6) is 0 Å². The number of rotatable bonds is 4. The van der Waals surface area contributed by atoms with Crippen molar-refractivity contribution >= 4 is 28.6 Å². The van der Waals surface area contributed by atoms with Gasteiger partial charge in [-0.3, -0.25) is 8.87 Å². The van der Waals surface area contributed by atoms with Crippen molar-refractivity contribution in [2.45, 2.75) is 4.90 Å². The van der Waals surface area contributed by atoms with Crippen molar-refractivity contribution in [1.29, 1.82) is 0 Å². The monoisotopic (exact) mass is 326 g/mol. The third-order valence-electron chi connectivity index (χ3n) is 2.90. The summed E-state index contributed by atoms with van der Waals surface area (Å²) in [7, 11) is -6.69. The molecule has 2 N–H and O–H groups in total. The Morgan fingerprint density at radius 2 is 1.57 bits per heavy atom. The van der Waals surface area contributed by atoms with Crippen molar-refractivity contribution in [2.24, 2.45) is 0 Å². The maximum absolute atomic E-state index is 12.4. The number of anilines is 1. The first-order chi connectivity index (χ1) is 9.73. The first-order valence-electron chi connectivity index (χ1n) is 5.84. The van der Waals surface area contributed by atoms with E-state index in [0.717, 1.165) is 4.31 Å². The molecule has 0 saturated carbocycles. The van der Waals surface area contributed by atoms with Crippen LogP contribution in [0.4, 0.5) is 5.69 Å². The fourth-order valence-electron chi connectivity index (χ4n) is 1.70. The smallest absolute Gasteiger partial charge is 0.321 e. The second-order valence-electron chi connectivity index (χ2n) is 4.27. The first-order valence-corrected chi connectivity index (χ1v) is 8.89. The summed E-state index contributed by atoms with van der Waals surface area (Å²) in [5, 5.41) is -0.161. The molecule has 8 heteroatoms. The summed E-state index contributed by atoms with van der Waals surface area (Å²) < 4.78 is 36.9. The van der Waals surface area contributed by atoms with E-state index < -0.39 is 17.6 Å². The molecular weight excluding hydrogens is 313 g/mol. The van der Waals surface area contributed by atoms with E-state index in [2.05, 4.69) is 6.07 Å². The van der Waals surface area contributed by atoms with E-state index in [1.165, 1.54) is 55.6 Å². The summed E-state index contributed by atoms with van der Waals surface area (Å²) in [4.78, 5) is 18.2. The lowest BCUT2D eigenvalue weighted by Crippen LogP contribution is -2.26. The molecule has 0 aromatic heterocycles. The minimum absolute atomic E-state index is 0.114. The molecular formula is C13H13NO5PS. The highest BCUT2D eigenvalue weighted by molar-refractivity contribution is 7.92. The van der Waals surface area contributed by atoms with Crippen LogP contribution >= 0.6 is 7.60 Å². The van der Waals surface area contributed by atoms with E-state index in [1.54, 1.807) is 0 Å². The third kappa shape index (κ3) is 3.33. The summed E-state index contributed by atoms with van der Waals surface area (Å²) in [6.45, 7) is 0. The average molecular weight is 326 g/mol. The zero-order valence-corrected chi connectivity index (χ0v) is 12.8. The van der Waals surface area contributed by atoms with Gasteiger partial charge < -0.3 is 9.79 Å². The summed E-state index contributed by atoms with van der Waals surface area (Å²) in [5.41, 5.74) is 0.306. The van der Waals surface area contributed by atoms with Gasteiger partial charge in [-0.05, 0) is 42.5 Å². The molecule has 0 heterocycles. The van der Waals surface area contributed by atoms with E-state index >= 15 is 0 Å². The summed E-state index contributed by atoms with van der Waals surface area (Å²) in [5.74, 6) is 0. The van der Waals surface area contributed by atoms with Gasteiger partial charge in [-0.2, -0.15) is 0 Å². The molecule has 0 fully saturated rings. The van der Waals surface area contributed by atoms with Crippen molar-refractivity contribution in [3.63, 3.8) is 0 Å². The second kappa shape index (κ2) is 5.61. The van der Waals surface area contributed by atoms with Gasteiger partial charge in [0.05, 0.1) is 15.9 Å². The number of nitrogens with zero attached hydrogens (tertiary/aromatic N) is 1. The van der Waals surface area contributed by atoms with Crippen LogP contribution in [0.15, 0.2) is 53.4 Å². The Kier molecular flexibility index (Phi) is 4.20. The molecule has 21 heavy (non-hydrogen) atoms. The molecule has 0 aliphatic carbocycles. The maximum Gasteiger partial charge on any atom is 0.356 e. The molecule has 0 atom stereocenters. The fraction of sp³-hybridized carbons (Fsp3) is 0.0769. The van der Waals surface area contributed by atoms with Crippen LogP contribution in [-0.2, 0) is 14.6 Å². The molecule has 2 aromatic rings. The molecule has 2 rings (SSSR count). The minimum atomic E-state index is -4.34. The van der Waals surface area contributed by atoms with Gasteiger partial charge >= 0.3 is 7.60 Å². The van der Waals surface area contributed by atoms with Crippen LogP contribution < -0.4 is 9.61 Å². The zero-order valence-electron chi connectivity index (χ0n) is 11.0. The van der Waals surface area contributed by atoms with Crippen molar-refractivity contribution in [3.8, 4) is 0 Å². The highest BCUT2D eigenvalue weighted by atomic mass is 32.2. The van der Waals surface area contributed by atoms with Gasteiger partial charge in [-0.25, -0.2) is 8.42 Å².